The van der Waals surface area contributed by atoms with Crippen molar-refractivity contribution < 1.29 is 9.59 Å². The van der Waals surface area contributed by atoms with Crippen LogP contribution in [0, 0.1) is 24.2 Å². The van der Waals surface area contributed by atoms with Gasteiger partial charge in [-0.2, -0.15) is 0 Å². The van der Waals surface area contributed by atoms with Crippen LogP contribution in [-0.2, 0) is 16.0 Å². The number of terminal acetylenes is 1. The summed E-state index contributed by atoms with van der Waals surface area (Å²) in [4.78, 5) is 27.8. The molecular weight excluding hydrogens is 326 g/mol. The molecule has 1 aromatic heterocycles. The Morgan fingerprint density at radius 2 is 1.96 bits per heavy atom. The molecule has 5 nitrogen and oxygen atoms in total. The lowest BCUT2D eigenvalue weighted by atomic mass is 9.90. The molecule has 5 heteroatoms. The molecule has 0 bridgehead atoms. The molecule has 2 atom stereocenters. The van der Waals surface area contributed by atoms with Crippen LogP contribution in [0.5, 0.6) is 0 Å². The summed E-state index contributed by atoms with van der Waals surface area (Å²) in [5.41, 5.74) is 2.08. The first kappa shape index (κ1) is 19.6. The molecule has 1 heterocycles. The van der Waals surface area contributed by atoms with Gasteiger partial charge in [-0.05, 0) is 36.8 Å². The highest BCUT2D eigenvalue weighted by molar-refractivity contribution is 5.86. The average molecular weight is 353 g/mol. The highest BCUT2D eigenvalue weighted by Gasteiger charge is 2.23. The van der Waals surface area contributed by atoms with Gasteiger partial charge >= 0.3 is 0 Å². The summed E-state index contributed by atoms with van der Waals surface area (Å²) in [6.07, 6.45) is 6.30. The Hall–Kier alpha value is -2.74. The van der Waals surface area contributed by atoms with Crippen LogP contribution in [0.3, 0.4) is 0 Å². The summed E-state index contributed by atoms with van der Waals surface area (Å²) in [5, 5.41) is 6.65. The fourth-order valence-electron chi connectivity index (χ4n) is 2.96. The van der Waals surface area contributed by atoms with Crippen molar-refractivity contribution in [3.05, 3.63) is 36.0 Å². The molecule has 0 fully saturated rings. The maximum absolute atomic E-state index is 12.6. The fourth-order valence-corrected chi connectivity index (χ4v) is 2.96. The molecule has 0 aliphatic rings. The van der Waals surface area contributed by atoms with E-state index in [-0.39, 0.29) is 36.2 Å². The largest absolute Gasteiger partial charge is 0.358 e. The Balaban J connectivity index is 1.94. The molecule has 0 aliphatic carbocycles. The van der Waals surface area contributed by atoms with Crippen LogP contribution < -0.4 is 10.6 Å². The highest BCUT2D eigenvalue weighted by atomic mass is 16.2. The number of aromatic nitrogens is 1. The zero-order chi connectivity index (χ0) is 19.1. The van der Waals surface area contributed by atoms with Crippen LogP contribution in [0.15, 0.2) is 30.3 Å². The normalized spacial score (nSPS) is 13.2. The second kappa shape index (κ2) is 9.10. The minimum atomic E-state index is -0.228. The Kier molecular flexibility index (Phi) is 6.85. The van der Waals surface area contributed by atoms with E-state index in [1.807, 2.05) is 45.0 Å². The fraction of sp³-hybridized carbons (Fsp3) is 0.429. The predicted octanol–water partition coefficient (Wildman–Crippen LogP) is 2.63. The monoisotopic (exact) mass is 353 g/mol. The van der Waals surface area contributed by atoms with Crippen LogP contribution >= 0.6 is 0 Å². The van der Waals surface area contributed by atoms with E-state index in [0.717, 1.165) is 16.6 Å². The molecule has 0 spiro atoms. The van der Waals surface area contributed by atoms with Gasteiger partial charge in [-0.25, -0.2) is 0 Å². The van der Waals surface area contributed by atoms with Gasteiger partial charge in [-0.15, -0.1) is 12.3 Å². The van der Waals surface area contributed by atoms with E-state index in [1.54, 1.807) is 0 Å². The van der Waals surface area contributed by atoms with E-state index in [0.29, 0.717) is 12.8 Å². The Morgan fingerprint density at radius 1 is 1.23 bits per heavy atom. The third kappa shape index (κ3) is 5.38. The number of fused-ring (bicyclic) bond motifs is 1. The minimum Gasteiger partial charge on any atom is -0.358 e. The summed E-state index contributed by atoms with van der Waals surface area (Å²) in [5.74, 6) is 2.11. The number of para-hydroxylation sites is 1. The summed E-state index contributed by atoms with van der Waals surface area (Å²) in [6, 6.07) is 10.0. The molecule has 0 saturated heterocycles. The van der Waals surface area contributed by atoms with Gasteiger partial charge in [0.1, 0.15) is 0 Å². The second-order valence-electron chi connectivity index (χ2n) is 7.03. The van der Waals surface area contributed by atoms with Crippen molar-refractivity contribution in [3.8, 4) is 12.3 Å². The molecule has 138 valence electrons. The molecule has 0 radical (unpaired) electrons. The summed E-state index contributed by atoms with van der Waals surface area (Å²) < 4.78 is 0. The van der Waals surface area contributed by atoms with Crippen molar-refractivity contribution >= 4 is 22.7 Å². The lowest BCUT2D eigenvalue weighted by Crippen LogP contribution is -2.43. The first-order valence-corrected chi connectivity index (χ1v) is 8.98. The number of benzene rings is 1. The number of H-pyrrole nitrogens is 1. The van der Waals surface area contributed by atoms with Crippen LogP contribution in [0.25, 0.3) is 10.9 Å². The molecule has 1 aromatic carbocycles. The van der Waals surface area contributed by atoms with Gasteiger partial charge in [0, 0.05) is 29.6 Å². The molecule has 2 amide bonds. The SMILES string of the molecule is C#CCC(C)NC(=O)CNC(=O)C(Cc1cc2ccccc2[nH]1)C(C)C. The molecule has 2 aromatic rings. The second-order valence-corrected chi connectivity index (χ2v) is 7.03. The minimum absolute atomic E-state index is 0.0380. The maximum atomic E-state index is 12.6. The van der Waals surface area contributed by atoms with E-state index in [4.69, 9.17) is 6.42 Å². The number of rotatable bonds is 8. The average Bonchev–Trinajstić information content (AvgIpc) is 3.00. The summed E-state index contributed by atoms with van der Waals surface area (Å²) in [7, 11) is 0. The first-order chi connectivity index (χ1) is 12.4. The van der Waals surface area contributed by atoms with E-state index in [1.165, 1.54) is 0 Å². The molecule has 0 aliphatic heterocycles. The quantitative estimate of drug-likeness (QED) is 0.638. The van der Waals surface area contributed by atoms with Crippen molar-refractivity contribution in [2.45, 2.75) is 39.7 Å². The zero-order valence-corrected chi connectivity index (χ0v) is 15.6. The lowest BCUT2D eigenvalue weighted by Gasteiger charge is -2.20. The first-order valence-electron chi connectivity index (χ1n) is 8.98. The van der Waals surface area contributed by atoms with Gasteiger partial charge in [-0.3, -0.25) is 9.59 Å². The van der Waals surface area contributed by atoms with Gasteiger partial charge in [0.05, 0.1) is 6.54 Å². The van der Waals surface area contributed by atoms with Gasteiger partial charge < -0.3 is 15.6 Å². The van der Waals surface area contributed by atoms with Crippen LogP contribution in [-0.4, -0.2) is 29.4 Å². The molecule has 3 N–H and O–H groups in total. The van der Waals surface area contributed by atoms with Gasteiger partial charge in [0.2, 0.25) is 11.8 Å². The van der Waals surface area contributed by atoms with Gasteiger partial charge in [0.15, 0.2) is 0 Å². The number of amides is 2. The van der Waals surface area contributed by atoms with Gasteiger partial charge in [0.25, 0.3) is 0 Å². The number of carbonyl (C=O) groups is 2. The summed E-state index contributed by atoms with van der Waals surface area (Å²) in [6.45, 7) is 5.83. The van der Waals surface area contributed by atoms with Crippen LogP contribution in [0.4, 0.5) is 0 Å². The maximum Gasteiger partial charge on any atom is 0.239 e. The molecule has 26 heavy (non-hydrogen) atoms. The Labute approximate surface area is 154 Å². The molecule has 0 saturated carbocycles. The third-order valence-electron chi connectivity index (χ3n) is 4.42. The Morgan fingerprint density at radius 3 is 2.62 bits per heavy atom. The van der Waals surface area contributed by atoms with E-state index < -0.39 is 0 Å². The topological polar surface area (TPSA) is 74.0 Å². The van der Waals surface area contributed by atoms with Crippen molar-refractivity contribution in [3.63, 3.8) is 0 Å². The van der Waals surface area contributed by atoms with Crippen LogP contribution in [0.2, 0.25) is 0 Å². The summed E-state index contributed by atoms with van der Waals surface area (Å²) >= 11 is 0. The van der Waals surface area contributed by atoms with Crippen LogP contribution in [0.1, 0.15) is 32.9 Å². The smallest absolute Gasteiger partial charge is 0.239 e. The van der Waals surface area contributed by atoms with E-state index in [2.05, 4.69) is 27.6 Å². The number of carbonyl (C=O) groups excluding carboxylic acids is 2. The van der Waals surface area contributed by atoms with E-state index in [9.17, 15) is 9.59 Å². The standard InChI is InChI=1S/C21H27N3O2/c1-5-8-15(4)23-20(25)13-22-21(26)18(14(2)3)12-17-11-16-9-6-7-10-19(16)24-17/h1,6-7,9-11,14-15,18,24H,8,12-13H2,2-4H3,(H,22,26)(H,23,25). The number of hydrogen-bond acceptors (Lipinski definition) is 2. The third-order valence-corrected chi connectivity index (χ3v) is 4.42. The van der Waals surface area contributed by atoms with Crippen molar-refractivity contribution in [2.24, 2.45) is 11.8 Å². The number of nitrogens with one attached hydrogen (secondary N) is 3. The lowest BCUT2D eigenvalue weighted by molar-refractivity contribution is -0.129. The Bertz CT molecular complexity index is 768. The molecular formula is C21H27N3O2. The van der Waals surface area contributed by atoms with E-state index >= 15 is 0 Å². The number of hydrogen-bond donors (Lipinski definition) is 3. The molecule has 2 unspecified atom stereocenters. The zero-order valence-electron chi connectivity index (χ0n) is 15.6. The van der Waals surface area contributed by atoms with Crippen molar-refractivity contribution in [1.82, 2.24) is 15.6 Å². The van der Waals surface area contributed by atoms with Crippen molar-refractivity contribution in [2.75, 3.05) is 6.54 Å². The van der Waals surface area contributed by atoms with Crippen molar-refractivity contribution in [1.29, 1.82) is 0 Å². The highest BCUT2D eigenvalue weighted by Crippen LogP contribution is 2.21. The number of aromatic amines is 1. The van der Waals surface area contributed by atoms with Gasteiger partial charge in [-0.1, -0.05) is 32.0 Å². The predicted molar refractivity (Wildman–Crippen MR) is 104 cm³/mol. The molecule has 2 rings (SSSR count).